The zero-order chi connectivity index (χ0) is 13.8. The SMILES string of the molecule is COc1ccc(N)cc1CNC(=O)c1ccc(Cl)o1. The van der Waals surface area contributed by atoms with Crippen LogP contribution in [0.4, 0.5) is 5.69 Å². The smallest absolute Gasteiger partial charge is 0.287 e. The molecule has 0 aliphatic heterocycles. The van der Waals surface area contributed by atoms with Gasteiger partial charge >= 0.3 is 0 Å². The van der Waals surface area contributed by atoms with Crippen molar-refractivity contribution in [2.24, 2.45) is 0 Å². The Balaban J connectivity index is 2.06. The van der Waals surface area contributed by atoms with E-state index in [0.29, 0.717) is 11.4 Å². The molecular weight excluding hydrogens is 268 g/mol. The molecule has 0 unspecified atom stereocenters. The third kappa shape index (κ3) is 3.20. The lowest BCUT2D eigenvalue weighted by molar-refractivity contribution is 0.0923. The number of amides is 1. The van der Waals surface area contributed by atoms with Gasteiger partial charge in [-0.3, -0.25) is 4.79 Å². The summed E-state index contributed by atoms with van der Waals surface area (Å²) in [6.45, 7) is 0.283. The molecule has 2 rings (SSSR count). The minimum Gasteiger partial charge on any atom is -0.496 e. The largest absolute Gasteiger partial charge is 0.496 e. The van der Waals surface area contributed by atoms with Gasteiger partial charge in [0.05, 0.1) is 7.11 Å². The molecule has 0 fully saturated rings. The summed E-state index contributed by atoms with van der Waals surface area (Å²) < 4.78 is 10.2. The summed E-state index contributed by atoms with van der Waals surface area (Å²) in [4.78, 5) is 11.8. The second-order valence-electron chi connectivity index (χ2n) is 3.86. The number of ether oxygens (including phenoxy) is 1. The van der Waals surface area contributed by atoms with Crippen LogP contribution in [0.5, 0.6) is 5.75 Å². The van der Waals surface area contributed by atoms with E-state index in [1.54, 1.807) is 25.3 Å². The molecule has 0 saturated heterocycles. The van der Waals surface area contributed by atoms with Crippen LogP contribution in [0.25, 0.3) is 0 Å². The highest BCUT2D eigenvalue weighted by atomic mass is 35.5. The monoisotopic (exact) mass is 280 g/mol. The Morgan fingerprint density at radius 3 is 2.84 bits per heavy atom. The zero-order valence-electron chi connectivity index (χ0n) is 10.3. The van der Waals surface area contributed by atoms with Crippen LogP contribution in [-0.4, -0.2) is 13.0 Å². The lowest BCUT2D eigenvalue weighted by Gasteiger charge is -2.09. The predicted octanol–water partition coefficient (Wildman–Crippen LogP) is 2.45. The number of anilines is 1. The topological polar surface area (TPSA) is 77.5 Å². The van der Waals surface area contributed by atoms with Gasteiger partial charge in [0.1, 0.15) is 5.75 Å². The molecule has 0 spiro atoms. The van der Waals surface area contributed by atoms with Gasteiger partial charge in [0, 0.05) is 17.8 Å². The molecule has 0 aliphatic carbocycles. The van der Waals surface area contributed by atoms with Crippen LogP contribution in [0, 0.1) is 0 Å². The molecular formula is C13H13ClN2O3. The fraction of sp³-hybridized carbons (Fsp3) is 0.154. The highest BCUT2D eigenvalue weighted by Crippen LogP contribution is 2.21. The summed E-state index contributed by atoms with van der Waals surface area (Å²) in [6, 6.07) is 8.25. The molecule has 0 saturated carbocycles. The Hall–Kier alpha value is -2.14. The second kappa shape index (κ2) is 5.67. The maximum atomic E-state index is 11.8. The number of hydrogen-bond acceptors (Lipinski definition) is 4. The van der Waals surface area contributed by atoms with Gasteiger partial charge in [-0.25, -0.2) is 0 Å². The van der Waals surface area contributed by atoms with E-state index in [2.05, 4.69) is 5.32 Å². The average Bonchev–Trinajstić information content (AvgIpc) is 2.83. The number of halogens is 1. The third-order valence-corrected chi connectivity index (χ3v) is 2.74. The van der Waals surface area contributed by atoms with Crippen molar-refractivity contribution in [1.29, 1.82) is 0 Å². The number of carbonyl (C=O) groups excluding carboxylic acids is 1. The van der Waals surface area contributed by atoms with Crippen molar-refractivity contribution in [3.63, 3.8) is 0 Å². The molecule has 3 N–H and O–H groups in total. The minimum atomic E-state index is -0.351. The molecule has 0 radical (unpaired) electrons. The molecule has 19 heavy (non-hydrogen) atoms. The molecule has 5 nitrogen and oxygen atoms in total. The van der Waals surface area contributed by atoms with Crippen LogP contribution in [0.2, 0.25) is 5.22 Å². The van der Waals surface area contributed by atoms with E-state index in [4.69, 9.17) is 26.5 Å². The number of carbonyl (C=O) groups is 1. The van der Waals surface area contributed by atoms with Crippen molar-refractivity contribution >= 4 is 23.2 Å². The van der Waals surface area contributed by atoms with Crippen LogP contribution in [-0.2, 0) is 6.54 Å². The van der Waals surface area contributed by atoms with E-state index in [1.165, 1.54) is 12.1 Å². The highest BCUT2D eigenvalue weighted by Gasteiger charge is 2.11. The number of rotatable bonds is 4. The van der Waals surface area contributed by atoms with Crippen LogP contribution in [0.15, 0.2) is 34.7 Å². The quantitative estimate of drug-likeness (QED) is 0.843. The molecule has 1 aromatic heterocycles. The van der Waals surface area contributed by atoms with Gasteiger partial charge in [0.2, 0.25) is 0 Å². The second-order valence-corrected chi connectivity index (χ2v) is 4.23. The average molecular weight is 281 g/mol. The first-order chi connectivity index (χ1) is 9.10. The summed E-state index contributed by atoms with van der Waals surface area (Å²) in [7, 11) is 1.56. The normalized spacial score (nSPS) is 10.2. The molecule has 1 amide bonds. The number of methoxy groups -OCH3 is 1. The van der Waals surface area contributed by atoms with Gasteiger partial charge < -0.3 is 20.2 Å². The third-order valence-electron chi connectivity index (χ3n) is 2.54. The molecule has 1 heterocycles. The van der Waals surface area contributed by atoms with Crippen LogP contribution in [0.3, 0.4) is 0 Å². The predicted molar refractivity (Wildman–Crippen MR) is 72.3 cm³/mol. The molecule has 100 valence electrons. The molecule has 0 atom stereocenters. The van der Waals surface area contributed by atoms with E-state index >= 15 is 0 Å². The van der Waals surface area contributed by atoms with E-state index in [0.717, 1.165) is 5.56 Å². The summed E-state index contributed by atoms with van der Waals surface area (Å²) in [5.41, 5.74) is 7.09. The summed E-state index contributed by atoms with van der Waals surface area (Å²) in [6.07, 6.45) is 0. The van der Waals surface area contributed by atoms with E-state index in [9.17, 15) is 4.79 Å². The first kappa shape index (κ1) is 13.3. The molecule has 1 aromatic carbocycles. The van der Waals surface area contributed by atoms with Crippen molar-refractivity contribution in [1.82, 2.24) is 5.32 Å². The van der Waals surface area contributed by atoms with E-state index in [-0.39, 0.29) is 23.4 Å². The lowest BCUT2D eigenvalue weighted by Crippen LogP contribution is -2.22. The van der Waals surface area contributed by atoms with Crippen LogP contribution in [0.1, 0.15) is 16.1 Å². The highest BCUT2D eigenvalue weighted by molar-refractivity contribution is 6.29. The number of nitrogen functional groups attached to an aromatic ring is 1. The summed E-state index contributed by atoms with van der Waals surface area (Å²) >= 11 is 5.61. The number of nitrogens with one attached hydrogen (secondary N) is 1. The molecule has 2 aromatic rings. The first-order valence-electron chi connectivity index (χ1n) is 5.56. The van der Waals surface area contributed by atoms with Gasteiger partial charge in [-0.05, 0) is 41.9 Å². The minimum absolute atomic E-state index is 0.160. The molecule has 0 bridgehead atoms. The zero-order valence-corrected chi connectivity index (χ0v) is 11.0. The van der Waals surface area contributed by atoms with E-state index in [1.807, 2.05) is 0 Å². The van der Waals surface area contributed by atoms with Crippen molar-refractivity contribution in [3.8, 4) is 5.75 Å². The fourth-order valence-corrected chi connectivity index (χ4v) is 1.78. The van der Waals surface area contributed by atoms with Crippen molar-refractivity contribution in [3.05, 3.63) is 46.9 Å². The van der Waals surface area contributed by atoms with Gasteiger partial charge in [-0.15, -0.1) is 0 Å². The van der Waals surface area contributed by atoms with Crippen molar-refractivity contribution in [2.75, 3.05) is 12.8 Å². The standard InChI is InChI=1S/C13H13ClN2O3/c1-18-10-3-2-9(15)6-8(10)7-16-13(17)11-4-5-12(14)19-11/h2-6H,7,15H2,1H3,(H,16,17). The van der Waals surface area contributed by atoms with Crippen LogP contribution >= 0.6 is 11.6 Å². The summed E-state index contributed by atoms with van der Waals surface area (Å²) in [5, 5.41) is 2.88. The first-order valence-corrected chi connectivity index (χ1v) is 5.94. The maximum absolute atomic E-state index is 11.8. The number of furan rings is 1. The Labute approximate surface area is 115 Å². The summed E-state index contributed by atoms with van der Waals surface area (Å²) in [5.74, 6) is 0.469. The van der Waals surface area contributed by atoms with Crippen molar-refractivity contribution in [2.45, 2.75) is 6.54 Å². The Kier molecular flexibility index (Phi) is 3.97. The Morgan fingerprint density at radius 2 is 2.21 bits per heavy atom. The van der Waals surface area contributed by atoms with Gasteiger partial charge in [0.25, 0.3) is 5.91 Å². The number of hydrogen-bond donors (Lipinski definition) is 2. The fourth-order valence-electron chi connectivity index (χ4n) is 1.64. The molecule has 0 aliphatic rings. The van der Waals surface area contributed by atoms with Gasteiger partial charge in [0.15, 0.2) is 11.0 Å². The Bertz CT molecular complexity index is 595. The number of nitrogens with two attached hydrogens (primary N) is 1. The lowest BCUT2D eigenvalue weighted by atomic mass is 10.1. The number of benzene rings is 1. The van der Waals surface area contributed by atoms with E-state index < -0.39 is 0 Å². The van der Waals surface area contributed by atoms with Crippen LogP contribution < -0.4 is 15.8 Å². The maximum Gasteiger partial charge on any atom is 0.287 e. The molecule has 6 heteroatoms. The van der Waals surface area contributed by atoms with Gasteiger partial charge in [-0.2, -0.15) is 0 Å². The van der Waals surface area contributed by atoms with Crippen molar-refractivity contribution < 1.29 is 13.9 Å². The Morgan fingerprint density at radius 1 is 1.42 bits per heavy atom. The van der Waals surface area contributed by atoms with Gasteiger partial charge in [-0.1, -0.05) is 0 Å².